The number of thiophene rings is 1. The molecule has 0 radical (unpaired) electrons. The van der Waals surface area contributed by atoms with Gasteiger partial charge < -0.3 is 34.7 Å². The van der Waals surface area contributed by atoms with E-state index in [1.165, 1.54) is 24.5 Å². The molecule has 0 saturated carbocycles. The van der Waals surface area contributed by atoms with E-state index in [1.54, 1.807) is 17.5 Å². The van der Waals surface area contributed by atoms with E-state index in [4.69, 9.17) is 9.15 Å². The normalized spacial score (nSPS) is 12.0. The van der Waals surface area contributed by atoms with E-state index in [9.17, 15) is 35.1 Å². The Balaban J connectivity index is 2.08. The molecule has 0 aliphatic rings. The fourth-order valence-corrected chi connectivity index (χ4v) is 4.46. The predicted molar refractivity (Wildman–Crippen MR) is 119 cm³/mol. The molecule has 0 saturated heterocycles. The quantitative estimate of drug-likeness (QED) is 0.216. The number of fused-ring (bicyclic) bond motifs is 1. The highest BCUT2D eigenvalue weighted by Gasteiger charge is 2.30. The number of ether oxygens (including phenoxy) is 1. The van der Waals surface area contributed by atoms with Crippen LogP contribution in [0.5, 0.6) is 28.7 Å². The molecule has 0 aliphatic carbocycles. The molecule has 0 amide bonds. The maximum atomic E-state index is 13.0. The van der Waals surface area contributed by atoms with Crippen LogP contribution in [0.15, 0.2) is 51.0 Å². The van der Waals surface area contributed by atoms with Gasteiger partial charge in [-0.05, 0) is 29.6 Å². The molecule has 1 atom stereocenters. The Bertz CT molecular complexity index is 1420. The number of aromatic hydroxyl groups is 5. The van der Waals surface area contributed by atoms with E-state index < -0.39 is 51.4 Å². The van der Waals surface area contributed by atoms with Crippen LogP contribution in [-0.2, 0) is 9.53 Å². The van der Waals surface area contributed by atoms with E-state index >= 15 is 0 Å². The van der Waals surface area contributed by atoms with Gasteiger partial charge in [-0.2, -0.15) is 0 Å². The lowest BCUT2D eigenvalue weighted by Gasteiger charge is -2.19. The highest BCUT2D eigenvalue weighted by molar-refractivity contribution is 7.10. The van der Waals surface area contributed by atoms with Crippen molar-refractivity contribution in [3.05, 3.63) is 62.4 Å². The van der Waals surface area contributed by atoms with Crippen LogP contribution in [0.4, 0.5) is 0 Å². The molecule has 33 heavy (non-hydrogen) atoms. The van der Waals surface area contributed by atoms with Gasteiger partial charge in [0.2, 0.25) is 11.2 Å². The zero-order chi connectivity index (χ0) is 23.9. The molecule has 10 heteroatoms. The Kier molecular flexibility index (Phi) is 5.60. The summed E-state index contributed by atoms with van der Waals surface area (Å²) in [7, 11) is 1.22. The second-order valence-corrected chi connectivity index (χ2v) is 8.17. The van der Waals surface area contributed by atoms with Crippen LogP contribution in [-0.4, -0.2) is 38.6 Å². The van der Waals surface area contributed by atoms with Crippen LogP contribution >= 0.6 is 11.3 Å². The number of carbonyl (C=O) groups is 1. The van der Waals surface area contributed by atoms with Gasteiger partial charge in [0.1, 0.15) is 22.5 Å². The van der Waals surface area contributed by atoms with E-state index in [-0.39, 0.29) is 28.9 Å². The first-order valence-corrected chi connectivity index (χ1v) is 10.5. The van der Waals surface area contributed by atoms with Gasteiger partial charge in [0.05, 0.1) is 13.5 Å². The van der Waals surface area contributed by atoms with Crippen molar-refractivity contribution in [1.29, 1.82) is 0 Å². The second-order valence-electron chi connectivity index (χ2n) is 7.19. The number of phenolic OH excluding ortho intramolecular Hbond substituents is 4. The van der Waals surface area contributed by atoms with Crippen molar-refractivity contribution in [3.63, 3.8) is 0 Å². The van der Waals surface area contributed by atoms with Crippen molar-refractivity contribution in [2.24, 2.45) is 0 Å². The first-order chi connectivity index (χ1) is 15.7. The zero-order valence-electron chi connectivity index (χ0n) is 17.1. The Hall–Kier alpha value is -4.18. The van der Waals surface area contributed by atoms with E-state index in [1.807, 2.05) is 0 Å². The molecule has 0 aliphatic heterocycles. The number of esters is 1. The minimum Gasteiger partial charge on any atom is -0.507 e. The molecule has 9 nitrogen and oxygen atoms in total. The highest BCUT2D eigenvalue weighted by atomic mass is 32.1. The van der Waals surface area contributed by atoms with Crippen molar-refractivity contribution in [2.45, 2.75) is 12.3 Å². The minimum absolute atomic E-state index is 0.0389. The van der Waals surface area contributed by atoms with Crippen LogP contribution in [0.1, 0.15) is 22.8 Å². The van der Waals surface area contributed by atoms with Crippen molar-refractivity contribution >= 4 is 28.3 Å². The Morgan fingerprint density at radius 1 is 1.03 bits per heavy atom. The molecule has 0 fully saturated rings. The number of methoxy groups -OCH3 is 1. The zero-order valence-corrected chi connectivity index (χ0v) is 17.9. The minimum atomic E-state index is -0.986. The Morgan fingerprint density at radius 2 is 1.79 bits per heavy atom. The Labute approximate surface area is 190 Å². The van der Waals surface area contributed by atoms with Gasteiger partial charge in [-0.1, -0.05) is 6.07 Å². The van der Waals surface area contributed by atoms with Crippen LogP contribution in [0.2, 0.25) is 0 Å². The molecule has 2 aromatic heterocycles. The number of phenols is 4. The lowest BCUT2D eigenvalue weighted by Crippen LogP contribution is -2.11. The molecule has 2 aromatic carbocycles. The molecular weight excluding hydrogens is 452 g/mol. The molecule has 0 spiro atoms. The van der Waals surface area contributed by atoms with E-state index in [0.717, 1.165) is 18.2 Å². The molecule has 0 unspecified atom stereocenters. The van der Waals surface area contributed by atoms with Crippen LogP contribution in [0.3, 0.4) is 0 Å². The smallest absolute Gasteiger partial charge is 0.306 e. The molecular formula is C23H18O9S. The lowest BCUT2D eigenvalue weighted by molar-refractivity contribution is -0.140. The number of hydrogen-bond donors (Lipinski definition) is 5. The van der Waals surface area contributed by atoms with Gasteiger partial charge in [0.25, 0.3) is 0 Å². The molecule has 4 rings (SSSR count). The van der Waals surface area contributed by atoms with Crippen LogP contribution in [0, 0.1) is 0 Å². The predicted octanol–water partition coefficient (Wildman–Crippen LogP) is 3.74. The molecule has 4 aromatic rings. The summed E-state index contributed by atoms with van der Waals surface area (Å²) >= 11 is 1.30. The fourth-order valence-electron chi connectivity index (χ4n) is 3.63. The fraction of sp³-hybridized carbons (Fsp3) is 0.130. The standard InChI is InChI=1S/C23H18O9S/c1-31-17(28)8-11(16-3-2-6-33-16)18-14(26)9-15(27)19-20(29)21(30)22(32-23(18)19)10-4-5-12(24)13(25)7-10/h2-7,9,11,24-27,30H,8H2,1H3/t11-/m0/s1. The summed E-state index contributed by atoms with van der Waals surface area (Å²) in [6.07, 6.45) is -0.204. The van der Waals surface area contributed by atoms with E-state index in [0.29, 0.717) is 4.88 Å². The average molecular weight is 470 g/mol. The van der Waals surface area contributed by atoms with Crippen molar-refractivity contribution in [3.8, 4) is 40.1 Å². The Morgan fingerprint density at radius 3 is 2.42 bits per heavy atom. The summed E-state index contributed by atoms with van der Waals surface area (Å²) in [6, 6.07) is 7.93. The van der Waals surface area contributed by atoms with Gasteiger partial charge in [-0.3, -0.25) is 9.59 Å². The largest absolute Gasteiger partial charge is 0.507 e. The van der Waals surface area contributed by atoms with Crippen LogP contribution < -0.4 is 5.43 Å². The van der Waals surface area contributed by atoms with Gasteiger partial charge >= 0.3 is 5.97 Å². The number of hydrogen-bond acceptors (Lipinski definition) is 10. The van der Waals surface area contributed by atoms with E-state index in [2.05, 4.69) is 0 Å². The number of rotatable bonds is 5. The summed E-state index contributed by atoms with van der Waals surface area (Å²) < 4.78 is 10.6. The van der Waals surface area contributed by atoms with Gasteiger partial charge in [0.15, 0.2) is 17.3 Å². The van der Waals surface area contributed by atoms with Crippen molar-refractivity contribution in [2.75, 3.05) is 7.11 Å². The van der Waals surface area contributed by atoms with Gasteiger partial charge in [-0.15, -0.1) is 11.3 Å². The maximum absolute atomic E-state index is 13.0. The topological polar surface area (TPSA) is 158 Å². The average Bonchev–Trinajstić information content (AvgIpc) is 3.31. The third kappa shape index (κ3) is 3.80. The number of benzene rings is 2. The maximum Gasteiger partial charge on any atom is 0.306 e. The summed E-state index contributed by atoms with van der Waals surface area (Å²) in [4.78, 5) is 25.8. The van der Waals surface area contributed by atoms with Crippen molar-refractivity contribution in [1.82, 2.24) is 0 Å². The van der Waals surface area contributed by atoms with Crippen LogP contribution in [0.25, 0.3) is 22.3 Å². The molecule has 170 valence electrons. The number of carbonyl (C=O) groups excluding carboxylic acids is 1. The third-order valence-electron chi connectivity index (χ3n) is 5.21. The lowest BCUT2D eigenvalue weighted by atomic mass is 9.91. The molecule has 2 heterocycles. The monoisotopic (exact) mass is 470 g/mol. The summed E-state index contributed by atoms with van der Waals surface area (Å²) in [6.45, 7) is 0. The summed E-state index contributed by atoms with van der Waals surface area (Å²) in [5.41, 5.74) is -1.14. The molecule has 5 N–H and O–H groups in total. The summed E-state index contributed by atoms with van der Waals surface area (Å²) in [5, 5.41) is 52.4. The summed E-state index contributed by atoms with van der Waals surface area (Å²) in [5.74, 6) is -4.59. The first kappa shape index (κ1) is 22.0. The SMILES string of the molecule is COC(=O)C[C@@H](c1cccs1)c1c(O)cc(O)c2c(=O)c(O)c(-c3ccc(O)c(O)c3)oc12. The third-order valence-corrected chi connectivity index (χ3v) is 6.20. The molecule has 0 bridgehead atoms. The highest BCUT2D eigenvalue weighted by Crippen LogP contribution is 2.45. The van der Waals surface area contributed by atoms with Gasteiger partial charge in [0, 0.05) is 28.0 Å². The second kappa shape index (κ2) is 8.40. The first-order valence-electron chi connectivity index (χ1n) is 9.60. The van der Waals surface area contributed by atoms with Crippen molar-refractivity contribution < 1.29 is 39.5 Å². The van der Waals surface area contributed by atoms with Gasteiger partial charge in [-0.25, -0.2) is 0 Å².